The lowest BCUT2D eigenvalue weighted by atomic mass is 9.95. The van der Waals surface area contributed by atoms with Crippen LogP contribution in [-0.2, 0) is 17.6 Å². The van der Waals surface area contributed by atoms with Crippen LogP contribution < -0.4 is 15.0 Å². The molecular formula is C22H28N2O2. The van der Waals surface area contributed by atoms with Crippen molar-refractivity contribution < 1.29 is 9.47 Å². The summed E-state index contributed by atoms with van der Waals surface area (Å²) < 4.78 is 10.7. The molecule has 2 aliphatic rings. The topological polar surface area (TPSA) is 33.7 Å². The first-order chi connectivity index (χ1) is 12.8. The van der Waals surface area contributed by atoms with Crippen molar-refractivity contribution in [2.45, 2.75) is 25.3 Å². The SMILES string of the molecule is COCCc1cc(OC)ccc1-c1ccc2c(c1)CC1CCNCCN21. The van der Waals surface area contributed by atoms with Crippen LogP contribution in [0.4, 0.5) is 5.69 Å². The number of methoxy groups -OCH3 is 2. The Labute approximate surface area is 156 Å². The highest BCUT2D eigenvalue weighted by molar-refractivity contribution is 5.74. The molecule has 1 atom stereocenters. The summed E-state index contributed by atoms with van der Waals surface area (Å²) >= 11 is 0. The Kier molecular flexibility index (Phi) is 5.14. The van der Waals surface area contributed by atoms with E-state index in [0.717, 1.165) is 38.2 Å². The molecule has 0 saturated carbocycles. The zero-order valence-electron chi connectivity index (χ0n) is 15.8. The molecule has 1 unspecified atom stereocenters. The predicted octanol–water partition coefficient (Wildman–Crippen LogP) is 3.28. The van der Waals surface area contributed by atoms with Crippen LogP contribution in [0, 0.1) is 0 Å². The highest BCUT2D eigenvalue weighted by atomic mass is 16.5. The summed E-state index contributed by atoms with van der Waals surface area (Å²) in [5.41, 5.74) is 6.78. The summed E-state index contributed by atoms with van der Waals surface area (Å²) in [6.45, 7) is 4.03. The lowest BCUT2D eigenvalue weighted by Gasteiger charge is -2.24. The fourth-order valence-electron chi connectivity index (χ4n) is 4.31. The Hall–Kier alpha value is -2.04. The third kappa shape index (κ3) is 3.31. The second kappa shape index (κ2) is 7.68. The average Bonchev–Trinajstić information content (AvgIpc) is 2.85. The second-order valence-corrected chi connectivity index (χ2v) is 7.20. The maximum atomic E-state index is 5.42. The predicted molar refractivity (Wildman–Crippen MR) is 106 cm³/mol. The van der Waals surface area contributed by atoms with Crippen LogP contribution in [0.5, 0.6) is 5.75 Å². The number of nitrogens with one attached hydrogen (secondary N) is 1. The van der Waals surface area contributed by atoms with Crippen LogP contribution >= 0.6 is 0 Å². The Morgan fingerprint density at radius 2 is 2.04 bits per heavy atom. The second-order valence-electron chi connectivity index (χ2n) is 7.20. The van der Waals surface area contributed by atoms with Crippen LogP contribution in [-0.4, -0.2) is 46.5 Å². The van der Waals surface area contributed by atoms with E-state index in [-0.39, 0.29) is 0 Å². The van der Waals surface area contributed by atoms with Crippen LogP contribution in [0.1, 0.15) is 17.5 Å². The largest absolute Gasteiger partial charge is 0.497 e. The van der Waals surface area contributed by atoms with Gasteiger partial charge in [-0.3, -0.25) is 0 Å². The van der Waals surface area contributed by atoms with E-state index in [2.05, 4.69) is 46.6 Å². The smallest absolute Gasteiger partial charge is 0.119 e. The quantitative estimate of drug-likeness (QED) is 0.895. The molecule has 4 heteroatoms. The van der Waals surface area contributed by atoms with Crippen molar-refractivity contribution in [2.24, 2.45) is 0 Å². The molecule has 2 aromatic rings. The van der Waals surface area contributed by atoms with E-state index < -0.39 is 0 Å². The third-order valence-electron chi connectivity index (χ3n) is 5.67. The van der Waals surface area contributed by atoms with Gasteiger partial charge in [0.15, 0.2) is 0 Å². The molecule has 2 heterocycles. The first-order valence-corrected chi connectivity index (χ1v) is 9.56. The van der Waals surface area contributed by atoms with E-state index in [0.29, 0.717) is 12.6 Å². The molecule has 0 spiro atoms. The number of nitrogens with zero attached hydrogens (tertiary/aromatic N) is 1. The summed E-state index contributed by atoms with van der Waals surface area (Å²) in [4.78, 5) is 2.60. The van der Waals surface area contributed by atoms with Crippen molar-refractivity contribution in [3.05, 3.63) is 47.5 Å². The minimum atomic E-state index is 0.652. The van der Waals surface area contributed by atoms with Gasteiger partial charge < -0.3 is 19.7 Å². The van der Waals surface area contributed by atoms with Crippen LogP contribution in [0.3, 0.4) is 0 Å². The minimum Gasteiger partial charge on any atom is -0.497 e. The molecule has 1 fully saturated rings. The standard InChI is InChI=1S/C22H28N2O2/c1-25-12-8-17-15-20(26-2)4-5-21(17)16-3-6-22-18(13-16)14-19-7-9-23-10-11-24(19)22/h3-6,13,15,19,23H,7-12,14H2,1-2H3. The summed E-state index contributed by atoms with van der Waals surface area (Å²) in [6, 6.07) is 14.0. The molecule has 0 aromatic heterocycles. The summed E-state index contributed by atoms with van der Waals surface area (Å²) in [5.74, 6) is 0.905. The number of ether oxygens (including phenoxy) is 2. The zero-order valence-corrected chi connectivity index (χ0v) is 15.8. The zero-order chi connectivity index (χ0) is 17.9. The molecule has 0 bridgehead atoms. The number of hydrogen-bond donors (Lipinski definition) is 1. The number of fused-ring (bicyclic) bond motifs is 3. The van der Waals surface area contributed by atoms with Crippen molar-refractivity contribution in [2.75, 3.05) is 45.4 Å². The van der Waals surface area contributed by atoms with Gasteiger partial charge in [0.1, 0.15) is 5.75 Å². The average molecular weight is 352 g/mol. The minimum absolute atomic E-state index is 0.652. The van der Waals surface area contributed by atoms with Crippen molar-refractivity contribution in [1.82, 2.24) is 5.32 Å². The molecule has 138 valence electrons. The van der Waals surface area contributed by atoms with Gasteiger partial charge in [-0.25, -0.2) is 0 Å². The van der Waals surface area contributed by atoms with Crippen molar-refractivity contribution >= 4 is 5.69 Å². The molecule has 2 aliphatic heterocycles. The van der Waals surface area contributed by atoms with Crippen LogP contribution in [0.15, 0.2) is 36.4 Å². The van der Waals surface area contributed by atoms with E-state index in [4.69, 9.17) is 9.47 Å². The maximum Gasteiger partial charge on any atom is 0.119 e. The number of anilines is 1. The van der Waals surface area contributed by atoms with E-state index >= 15 is 0 Å². The van der Waals surface area contributed by atoms with E-state index in [1.165, 1.54) is 34.4 Å². The first-order valence-electron chi connectivity index (χ1n) is 9.56. The highest BCUT2D eigenvalue weighted by Crippen LogP contribution is 2.38. The molecule has 4 nitrogen and oxygen atoms in total. The van der Waals surface area contributed by atoms with Gasteiger partial charge in [0, 0.05) is 31.9 Å². The molecule has 4 rings (SSSR count). The lowest BCUT2D eigenvalue weighted by Crippen LogP contribution is -2.32. The van der Waals surface area contributed by atoms with Gasteiger partial charge in [-0.05, 0) is 72.3 Å². The van der Waals surface area contributed by atoms with Gasteiger partial charge >= 0.3 is 0 Å². The molecular weight excluding hydrogens is 324 g/mol. The Bertz CT molecular complexity index is 775. The van der Waals surface area contributed by atoms with Gasteiger partial charge in [0.05, 0.1) is 13.7 Å². The van der Waals surface area contributed by atoms with Gasteiger partial charge in [0.2, 0.25) is 0 Å². The first kappa shape index (κ1) is 17.4. The normalized spacial score (nSPS) is 19.0. The van der Waals surface area contributed by atoms with Crippen LogP contribution in [0.2, 0.25) is 0 Å². The van der Waals surface area contributed by atoms with Crippen LogP contribution in [0.25, 0.3) is 11.1 Å². The van der Waals surface area contributed by atoms with Crippen molar-refractivity contribution in [3.63, 3.8) is 0 Å². The van der Waals surface area contributed by atoms with E-state index in [9.17, 15) is 0 Å². The summed E-state index contributed by atoms with van der Waals surface area (Å²) in [7, 11) is 3.47. The summed E-state index contributed by atoms with van der Waals surface area (Å²) in [5, 5.41) is 3.52. The summed E-state index contributed by atoms with van der Waals surface area (Å²) in [6.07, 6.45) is 3.28. The van der Waals surface area contributed by atoms with Gasteiger partial charge in [0.25, 0.3) is 0 Å². The highest BCUT2D eigenvalue weighted by Gasteiger charge is 2.30. The van der Waals surface area contributed by atoms with Crippen molar-refractivity contribution in [3.8, 4) is 16.9 Å². The Morgan fingerprint density at radius 1 is 1.12 bits per heavy atom. The van der Waals surface area contributed by atoms with Crippen molar-refractivity contribution in [1.29, 1.82) is 0 Å². The fraction of sp³-hybridized carbons (Fsp3) is 0.455. The van der Waals surface area contributed by atoms with E-state index in [1.54, 1.807) is 14.2 Å². The lowest BCUT2D eigenvalue weighted by molar-refractivity contribution is 0.202. The maximum absolute atomic E-state index is 5.42. The molecule has 1 saturated heterocycles. The fourth-order valence-corrected chi connectivity index (χ4v) is 4.31. The molecule has 0 amide bonds. The number of rotatable bonds is 5. The van der Waals surface area contributed by atoms with Gasteiger partial charge in [-0.15, -0.1) is 0 Å². The molecule has 0 radical (unpaired) electrons. The number of hydrogen-bond acceptors (Lipinski definition) is 4. The van der Waals surface area contributed by atoms with Gasteiger partial charge in [-0.1, -0.05) is 12.1 Å². The Balaban J connectivity index is 1.67. The molecule has 0 aliphatic carbocycles. The molecule has 26 heavy (non-hydrogen) atoms. The monoisotopic (exact) mass is 352 g/mol. The van der Waals surface area contributed by atoms with E-state index in [1.807, 2.05) is 0 Å². The molecule has 2 aromatic carbocycles. The molecule has 1 N–H and O–H groups in total. The third-order valence-corrected chi connectivity index (χ3v) is 5.67. The number of benzene rings is 2. The van der Waals surface area contributed by atoms with Gasteiger partial charge in [-0.2, -0.15) is 0 Å². The Morgan fingerprint density at radius 3 is 2.88 bits per heavy atom.